The fraction of sp³-hybridized carbons (Fsp3) is 0.583. The lowest BCUT2D eigenvalue weighted by Crippen LogP contribution is -2.16. The Balaban J connectivity index is 1.70. The highest BCUT2D eigenvalue weighted by Crippen LogP contribution is 2.29. The summed E-state index contributed by atoms with van der Waals surface area (Å²) in [6.45, 7) is 0.634. The van der Waals surface area contributed by atoms with E-state index in [0.717, 1.165) is 12.3 Å². The van der Waals surface area contributed by atoms with Crippen molar-refractivity contribution in [3.8, 4) is 12.0 Å². The van der Waals surface area contributed by atoms with Crippen molar-refractivity contribution in [2.45, 2.75) is 25.7 Å². The van der Waals surface area contributed by atoms with Crippen molar-refractivity contribution < 1.29 is 4.74 Å². The second-order valence-electron chi connectivity index (χ2n) is 4.77. The number of aromatic nitrogens is 6. The van der Waals surface area contributed by atoms with Gasteiger partial charge in [-0.25, -0.2) is 4.98 Å². The molecule has 1 aliphatic carbocycles. The van der Waals surface area contributed by atoms with Crippen LogP contribution < -0.4 is 10.1 Å². The van der Waals surface area contributed by atoms with E-state index in [4.69, 9.17) is 4.74 Å². The lowest BCUT2D eigenvalue weighted by molar-refractivity contribution is 0.211. The van der Waals surface area contributed by atoms with Crippen LogP contribution in [0.3, 0.4) is 0 Å². The molecule has 3 rings (SSSR count). The molecule has 2 aromatic heterocycles. The highest BCUT2D eigenvalue weighted by Gasteiger charge is 2.17. The molecule has 1 saturated carbocycles. The predicted molar refractivity (Wildman–Crippen MR) is 71.7 cm³/mol. The standard InChI is InChI=1S/C12H17N7O/c1-13-10-16-11(19-8-14-7-15-19)18-12(17-10)20-6-5-9-3-2-4-9/h7-9H,2-6H2,1H3,(H,13,16,17,18). The lowest BCUT2D eigenvalue weighted by Gasteiger charge is -2.24. The van der Waals surface area contributed by atoms with Crippen molar-refractivity contribution in [1.29, 1.82) is 0 Å². The molecule has 0 bridgehead atoms. The minimum absolute atomic E-state index is 0.314. The summed E-state index contributed by atoms with van der Waals surface area (Å²) in [6.07, 6.45) is 7.99. The Morgan fingerprint density at radius 3 is 2.90 bits per heavy atom. The van der Waals surface area contributed by atoms with Crippen LogP contribution in [0.5, 0.6) is 6.01 Å². The van der Waals surface area contributed by atoms with Gasteiger partial charge in [0.1, 0.15) is 12.7 Å². The van der Waals surface area contributed by atoms with Gasteiger partial charge in [-0.15, -0.1) is 0 Å². The van der Waals surface area contributed by atoms with Crippen molar-refractivity contribution >= 4 is 5.95 Å². The third kappa shape index (κ3) is 2.84. The Morgan fingerprint density at radius 2 is 2.25 bits per heavy atom. The van der Waals surface area contributed by atoms with Gasteiger partial charge in [-0.2, -0.15) is 24.7 Å². The maximum atomic E-state index is 5.63. The molecule has 0 unspecified atom stereocenters. The number of nitrogens with zero attached hydrogens (tertiary/aromatic N) is 6. The highest BCUT2D eigenvalue weighted by molar-refractivity contribution is 5.28. The van der Waals surface area contributed by atoms with Crippen LogP contribution >= 0.6 is 0 Å². The van der Waals surface area contributed by atoms with Gasteiger partial charge in [0.05, 0.1) is 6.61 Å². The first-order valence-corrected chi connectivity index (χ1v) is 6.77. The van der Waals surface area contributed by atoms with Crippen molar-refractivity contribution in [1.82, 2.24) is 29.7 Å². The average Bonchev–Trinajstić information content (AvgIpc) is 2.95. The van der Waals surface area contributed by atoms with Crippen LogP contribution in [-0.4, -0.2) is 43.4 Å². The summed E-state index contributed by atoms with van der Waals surface area (Å²) in [6, 6.07) is 0.314. The smallest absolute Gasteiger partial charge is 0.323 e. The molecule has 106 valence electrons. The van der Waals surface area contributed by atoms with E-state index < -0.39 is 0 Å². The molecule has 1 N–H and O–H groups in total. The molecular formula is C12H17N7O. The van der Waals surface area contributed by atoms with Crippen LogP contribution in [0.4, 0.5) is 5.95 Å². The van der Waals surface area contributed by atoms with Crippen LogP contribution in [0.1, 0.15) is 25.7 Å². The third-order valence-electron chi connectivity index (χ3n) is 3.43. The molecule has 0 aromatic carbocycles. The van der Waals surface area contributed by atoms with Gasteiger partial charge in [-0.1, -0.05) is 19.3 Å². The predicted octanol–water partition coefficient (Wildman–Crippen LogP) is 1.06. The normalized spacial score (nSPS) is 14.8. The van der Waals surface area contributed by atoms with Crippen molar-refractivity contribution in [3.05, 3.63) is 12.7 Å². The van der Waals surface area contributed by atoms with E-state index in [1.807, 2.05) is 0 Å². The Morgan fingerprint density at radius 1 is 1.35 bits per heavy atom. The molecule has 0 amide bonds. The van der Waals surface area contributed by atoms with Crippen molar-refractivity contribution in [2.75, 3.05) is 19.0 Å². The van der Waals surface area contributed by atoms with Crippen LogP contribution in [0.15, 0.2) is 12.7 Å². The minimum Gasteiger partial charge on any atom is -0.463 e. The van der Waals surface area contributed by atoms with E-state index in [1.54, 1.807) is 7.05 Å². The van der Waals surface area contributed by atoms with Crippen molar-refractivity contribution in [2.24, 2.45) is 5.92 Å². The molecular weight excluding hydrogens is 258 g/mol. The number of hydrogen-bond donors (Lipinski definition) is 1. The summed E-state index contributed by atoms with van der Waals surface area (Å²) in [5.41, 5.74) is 0. The minimum atomic E-state index is 0.314. The van der Waals surface area contributed by atoms with Gasteiger partial charge < -0.3 is 10.1 Å². The van der Waals surface area contributed by atoms with E-state index in [2.05, 4.69) is 30.4 Å². The topological polar surface area (TPSA) is 90.6 Å². The number of rotatable bonds is 6. The van der Waals surface area contributed by atoms with Crippen LogP contribution in [0.25, 0.3) is 5.95 Å². The number of ether oxygens (including phenoxy) is 1. The van der Waals surface area contributed by atoms with E-state index in [0.29, 0.717) is 24.5 Å². The molecule has 2 aromatic rings. The number of hydrogen-bond acceptors (Lipinski definition) is 7. The van der Waals surface area contributed by atoms with Crippen LogP contribution in [0.2, 0.25) is 0 Å². The quantitative estimate of drug-likeness (QED) is 0.842. The summed E-state index contributed by atoms with van der Waals surface area (Å²) in [4.78, 5) is 16.5. The molecule has 1 fully saturated rings. The summed E-state index contributed by atoms with van der Waals surface area (Å²) >= 11 is 0. The Labute approximate surface area is 116 Å². The average molecular weight is 275 g/mol. The Hall–Kier alpha value is -2.25. The maximum Gasteiger partial charge on any atom is 0.323 e. The first-order valence-electron chi connectivity index (χ1n) is 6.77. The van der Waals surface area contributed by atoms with E-state index in [-0.39, 0.29) is 0 Å². The largest absolute Gasteiger partial charge is 0.463 e. The molecule has 8 nitrogen and oxygen atoms in total. The molecule has 0 atom stereocenters. The Kier molecular flexibility index (Phi) is 3.71. The molecule has 0 radical (unpaired) electrons. The zero-order valence-corrected chi connectivity index (χ0v) is 11.4. The number of nitrogens with one attached hydrogen (secondary N) is 1. The third-order valence-corrected chi connectivity index (χ3v) is 3.43. The van der Waals surface area contributed by atoms with Gasteiger partial charge in [0, 0.05) is 7.05 Å². The van der Waals surface area contributed by atoms with Gasteiger partial charge >= 0.3 is 6.01 Å². The van der Waals surface area contributed by atoms with Gasteiger partial charge in [0.2, 0.25) is 5.95 Å². The zero-order valence-electron chi connectivity index (χ0n) is 11.4. The summed E-state index contributed by atoms with van der Waals surface area (Å²) in [5, 5.41) is 6.89. The fourth-order valence-electron chi connectivity index (χ4n) is 2.03. The SMILES string of the molecule is CNc1nc(OCCC2CCC2)nc(-n2cncn2)n1. The molecule has 0 spiro atoms. The second kappa shape index (κ2) is 5.81. The fourth-order valence-corrected chi connectivity index (χ4v) is 2.03. The van der Waals surface area contributed by atoms with E-state index >= 15 is 0 Å². The molecule has 2 heterocycles. The zero-order chi connectivity index (χ0) is 13.8. The first-order chi connectivity index (χ1) is 9.85. The van der Waals surface area contributed by atoms with E-state index in [1.165, 1.54) is 36.6 Å². The van der Waals surface area contributed by atoms with Crippen LogP contribution in [-0.2, 0) is 0 Å². The number of anilines is 1. The summed E-state index contributed by atoms with van der Waals surface area (Å²) in [7, 11) is 1.75. The molecule has 0 saturated heterocycles. The molecule has 20 heavy (non-hydrogen) atoms. The molecule has 0 aliphatic heterocycles. The van der Waals surface area contributed by atoms with Gasteiger partial charge in [0.25, 0.3) is 5.95 Å². The lowest BCUT2D eigenvalue weighted by atomic mass is 9.83. The summed E-state index contributed by atoms with van der Waals surface area (Å²) < 4.78 is 7.10. The van der Waals surface area contributed by atoms with Crippen LogP contribution in [0, 0.1) is 5.92 Å². The van der Waals surface area contributed by atoms with Gasteiger partial charge in [-0.05, 0) is 12.3 Å². The van der Waals surface area contributed by atoms with Crippen molar-refractivity contribution in [3.63, 3.8) is 0 Å². The molecule has 1 aliphatic rings. The second-order valence-corrected chi connectivity index (χ2v) is 4.77. The molecule has 8 heteroatoms. The monoisotopic (exact) mass is 275 g/mol. The highest BCUT2D eigenvalue weighted by atomic mass is 16.5. The summed E-state index contributed by atoms with van der Waals surface area (Å²) in [5.74, 6) is 1.64. The Bertz CT molecular complexity index is 553. The first kappa shape index (κ1) is 12.8. The van der Waals surface area contributed by atoms with Gasteiger partial charge in [0.15, 0.2) is 0 Å². The van der Waals surface area contributed by atoms with E-state index in [9.17, 15) is 0 Å². The maximum absolute atomic E-state index is 5.63. The van der Waals surface area contributed by atoms with Gasteiger partial charge in [-0.3, -0.25) is 0 Å².